The molecule has 87 heavy (non-hydrogen) atoms. The Morgan fingerprint density at radius 1 is 0.310 bits per heavy atom. The highest BCUT2D eigenvalue weighted by molar-refractivity contribution is 5.76. The Labute approximate surface area is 544 Å². The molecule has 0 fully saturated rings. The van der Waals surface area contributed by atoms with E-state index >= 15 is 0 Å². The van der Waals surface area contributed by atoms with E-state index in [4.69, 9.17) is 4.74 Å². The molecule has 0 rings (SSSR count). The second-order valence-electron chi connectivity index (χ2n) is 27.4. The van der Waals surface area contributed by atoms with Gasteiger partial charge in [-0.15, -0.1) is 0 Å². The summed E-state index contributed by atoms with van der Waals surface area (Å²) in [6.07, 6.45) is 99.7. The van der Waals surface area contributed by atoms with E-state index in [9.17, 15) is 19.8 Å². The Kier molecular flexibility index (Phi) is 74.8. The number of ether oxygens (including phenoxy) is 1. The summed E-state index contributed by atoms with van der Waals surface area (Å²) in [5.74, 6) is -0.0497. The first-order chi connectivity index (χ1) is 43.0. The lowest BCUT2D eigenvalue weighted by molar-refractivity contribution is -0.143. The van der Waals surface area contributed by atoms with E-state index in [1.807, 2.05) is 6.08 Å². The molecule has 0 aliphatic heterocycles. The molecule has 3 N–H and O–H groups in total. The minimum absolute atomic E-state index is 0.0135. The average molecular weight is 1220 g/mol. The molecule has 0 saturated carbocycles. The van der Waals surface area contributed by atoms with Gasteiger partial charge >= 0.3 is 5.97 Å². The zero-order valence-corrected chi connectivity index (χ0v) is 59.0. The maximum absolute atomic E-state index is 12.6. The quantitative estimate of drug-likeness (QED) is 0.0320. The van der Waals surface area contributed by atoms with E-state index in [-0.39, 0.29) is 18.5 Å². The largest absolute Gasteiger partial charge is 0.466 e. The van der Waals surface area contributed by atoms with Crippen molar-refractivity contribution in [2.75, 3.05) is 13.2 Å². The third kappa shape index (κ3) is 73.0. The number of carbonyl (C=O) groups excluding carboxylic acids is 2. The number of aliphatic hydroxyl groups is 2. The van der Waals surface area contributed by atoms with Gasteiger partial charge in [-0.25, -0.2) is 0 Å². The van der Waals surface area contributed by atoms with E-state index in [2.05, 4.69) is 43.5 Å². The summed E-state index contributed by atoms with van der Waals surface area (Å²) in [5, 5.41) is 23.3. The van der Waals surface area contributed by atoms with Gasteiger partial charge in [-0.3, -0.25) is 9.59 Å². The van der Waals surface area contributed by atoms with Crippen LogP contribution in [0, 0.1) is 0 Å². The summed E-state index contributed by atoms with van der Waals surface area (Å²) in [6.45, 7) is 4.95. The monoisotopic (exact) mass is 1220 g/mol. The fourth-order valence-electron chi connectivity index (χ4n) is 12.6. The van der Waals surface area contributed by atoms with Gasteiger partial charge in [0.1, 0.15) is 0 Å². The average Bonchev–Trinajstić information content (AvgIpc) is 3.53. The molecule has 0 radical (unpaired) electrons. The van der Waals surface area contributed by atoms with Crippen molar-refractivity contribution in [1.29, 1.82) is 0 Å². The molecule has 0 heterocycles. The van der Waals surface area contributed by atoms with Gasteiger partial charge in [-0.2, -0.15) is 0 Å². The smallest absolute Gasteiger partial charge is 0.305 e. The Hall–Kier alpha value is -1.92. The van der Waals surface area contributed by atoms with Crippen molar-refractivity contribution in [3.8, 4) is 0 Å². The maximum Gasteiger partial charge on any atom is 0.305 e. The molecule has 0 aliphatic carbocycles. The third-order valence-electron chi connectivity index (χ3n) is 18.6. The Morgan fingerprint density at radius 2 is 0.540 bits per heavy atom. The van der Waals surface area contributed by atoms with Gasteiger partial charge in [0.25, 0.3) is 0 Å². The topological polar surface area (TPSA) is 95.9 Å². The van der Waals surface area contributed by atoms with Crippen LogP contribution in [-0.2, 0) is 14.3 Å². The SMILES string of the molecule is CCCCCCCCC/C=C\CCCCCCCCCC(=O)OCCCCCCCCCCCCCC/C=C\CCCCCCCCCCCCCCC(=O)NC(CO)C(O)/C=C/CCCCCCCCCCCCCCCCCCCCCCCC. The van der Waals surface area contributed by atoms with Crippen molar-refractivity contribution in [2.45, 2.75) is 456 Å². The van der Waals surface area contributed by atoms with Crippen LogP contribution in [0.1, 0.15) is 444 Å². The van der Waals surface area contributed by atoms with Crippen LogP contribution in [0.15, 0.2) is 36.5 Å². The Balaban J connectivity index is 3.40. The lowest BCUT2D eigenvalue weighted by Gasteiger charge is -2.20. The first-order valence-electron chi connectivity index (χ1n) is 39.8. The molecule has 0 bridgehead atoms. The molecule has 2 atom stereocenters. The van der Waals surface area contributed by atoms with Gasteiger partial charge in [-0.05, 0) is 83.5 Å². The molecule has 2 unspecified atom stereocenters. The standard InChI is InChI=1S/C81H155NO5/c1-3-5-7-9-11-13-15-17-19-21-23-24-25-32-35-38-41-45-49-53-57-61-65-69-73-79(84)78(77-83)82-80(85)74-70-66-62-58-54-50-46-42-39-36-33-30-28-26-27-29-31-34-37-40-44-48-52-56-60-64-68-72-76-87-81(86)75-71-67-63-59-55-51-47-43-22-20-18-16-14-12-10-8-6-4-2/h20,22,26-27,69,73,78-79,83-84H,3-19,21,23-25,28-68,70-72,74-77H2,1-2H3,(H,82,85)/b22-20-,27-26-,73-69+. The first-order valence-corrected chi connectivity index (χ1v) is 39.8. The van der Waals surface area contributed by atoms with Crippen molar-refractivity contribution >= 4 is 11.9 Å². The van der Waals surface area contributed by atoms with Gasteiger partial charge in [0.2, 0.25) is 5.91 Å². The first kappa shape index (κ1) is 85.1. The molecule has 0 aromatic carbocycles. The van der Waals surface area contributed by atoms with E-state index in [0.29, 0.717) is 19.4 Å². The van der Waals surface area contributed by atoms with Crippen LogP contribution in [0.5, 0.6) is 0 Å². The van der Waals surface area contributed by atoms with Crippen LogP contribution in [0.25, 0.3) is 0 Å². The highest BCUT2D eigenvalue weighted by Crippen LogP contribution is 2.19. The summed E-state index contributed by atoms with van der Waals surface area (Å²) in [5.41, 5.74) is 0. The number of hydrogen-bond acceptors (Lipinski definition) is 5. The predicted molar refractivity (Wildman–Crippen MR) is 384 cm³/mol. The lowest BCUT2D eigenvalue weighted by Crippen LogP contribution is -2.45. The normalized spacial score (nSPS) is 12.6. The van der Waals surface area contributed by atoms with Crippen LogP contribution >= 0.6 is 0 Å². The fraction of sp³-hybridized carbons (Fsp3) is 0.901. The van der Waals surface area contributed by atoms with Gasteiger partial charge in [0.05, 0.1) is 25.4 Å². The fourth-order valence-corrected chi connectivity index (χ4v) is 12.6. The van der Waals surface area contributed by atoms with Crippen LogP contribution in [-0.4, -0.2) is 47.4 Å². The number of esters is 1. The summed E-state index contributed by atoms with van der Waals surface area (Å²) in [4.78, 5) is 24.7. The number of aliphatic hydroxyl groups excluding tert-OH is 2. The predicted octanol–water partition coefficient (Wildman–Crippen LogP) is 26.2. The highest BCUT2D eigenvalue weighted by atomic mass is 16.5. The zero-order valence-electron chi connectivity index (χ0n) is 59.0. The molecule has 6 heteroatoms. The summed E-state index contributed by atoms with van der Waals surface area (Å²) >= 11 is 0. The van der Waals surface area contributed by atoms with Crippen molar-refractivity contribution in [3.63, 3.8) is 0 Å². The molecule has 514 valence electrons. The van der Waals surface area contributed by atoms with E-state index < -0.39 is 12.1 Å². The number of rotatable bonds is 75. The Morgan fingerprint density at radius 3 is 0.816 bits per heavy atom. The van der Waals surface area contributed by atoms with Crippen molar-refractivity contribution in [1.82, 2.24) is 5.32 Å². The zero-order chi connectivity index (χ0) is 62.8. The molecular weight excluding hydrogens is 1070 g/mol. The number of nitrogens with one attached hydrogen (secondary N) is 1. The Bertz CT molecular complexity index is 1410. The highest BCUT2D eigenvalue weighted by Gasteiger charge is 2.18. The molecule has 0 aromatic rings. The maximum atomic E-state index is 12.6. The summed E-state index contributed by atoms with van der Waals surface area (Å²) in [7, 11) is 0. The molecular formula is C81H155NO5. The number of allylic oxidation sites excluding steroid dienone is 5. The van der Waals surface area contributed by atoms with Gasteiger partial charge in [-0.1, -0.05) is 384 Å². The van der Waals surface area contributed by atoms with Crippen LogP contribution in [0.2, 0.25) is 0 Å². The van der Waals surface area contributed by atoms with Gasteiger partial charge in [0, 0.05) is 12.8 Å². The van der Waals surface area contributed by atoms with Gasteiger partial charge in [0.15, 0.2) is 0 Å². The molecule has 0 spiro atoms. The number of carbonyl (C=O) groups is 2. The molecule has 0 saturated heterocycles. The van der Waals surface area contributed by atoms with Crippen molar-refractivity contribution < 1.29 is 24.5 Å². The van der Waals surface area contributed by atoms with Crippen LogP contribution < -0.4 is 5.32 Å². The second kappa shape index (κ2) is 76.5. The molecule has 6 nitrogen and oxygen atoms in total. The molecule has 0 aromatic heterocycles. The number of amides is 1. The minimum Gasteiger partial charge on any atom is -0.466 e. The molecule has 1 amide bonds. The molecule has 0 aliphatic rings. The third-order valence-corrected chi connectivity index (χ3v) is 18.6. The van der Waals surface area contributed by atoms with Crippen LogP contribution in [0.3, 0.4) is 0 Å². The minimum atomic E-state index is -0.846. The number of unbranched alkanes of at least 4 members (excludes halogenated alkanes) is 60. The lowest BCUT2D eigenvalue weighted by atomic mass is 10.0. The second-order valence-corrected chi connectivity index (χ2v) is 27.4. The van der Waals surface area contributed by atoms with Gasteiger partial charge < -0.3 is 20.3 Å². The van der Waals surface area contributed by atoms with Crippen molar-refractivity contribution in [3.05, 3.63) is 36.5 Å². The number of hydrogen-bond donors (Lipinski definition) is 3. The van der Waals surface area contributed by atoms with E-state index in [0.717, 1.165) is 44.9 Å². The summed E-state index contributed by atoms with van der Waals surface area (Å²) in [6, 6.07) is -0.630. The van der Waals surface area contributed by atoms with E-state index in [1.165, 1.54) is 372 Å². The van der Waals surface area contributed by atoms with E-state index in [1.54, 1.807) is 6.08 Å². The van der Waals surface area contributed by atoms with Crippen molar-refractivity contribution in [2.24, 2.45) is 0 Å². The van der Waals surface area contributed by atoms with Crippen LogP contribution in [0.4, 0.5) is 0 Å². The summed E-state index contributed by atoms with van der Waals surface area (Å²) < 4.78 is 5.51.